The molecule has 0 spiro atoms. The van der Waals surface area contributed by atoms with Gasteiger partial charge >= 0.3 is 0 Å². The van der Waals surface area contributed by atoms with E-state index >= 15 is 0 Å². The Balaban J connectivity index is 3.03. The van der Waals surface area contributed by atoms with E-state index in [0.29, 0.717) is 16.5 Å². The van der Waals surface area contributed by atoms with Gasteiger partial charge in [-0.2, -0.15) is 17.9 Å². The van der Waals surface area contributed by atoms with E-state index in [9.17, 15) is 9.59 Å². The number of nitriles is 1. The first-order valence-corrected chi connectivity index (χ1v) is 7.41. The minimum absolute atomic E-state index is 0.243. The molecule has 1 aromatic carbocycles. The summed E-state index contributed by atoms with van der Waals surface area (Å²) < 4.78 is 0. The number of hydrogen-bond donors (Lipinski definition) is 2. The molecule has 0 aromatic heterocycles. The quantitative estimate of drug-likeness (QED) is 0.805. The molecule has 1 aromatic rings. The van der Waals surface area contributed by atoms with Gasteiger partial charge in [-0.3, -0.25) is 9.59 Å². The summed E-state index contributed by atoms with van der Waals surface area (Å²) in [6.07, 6.45) is 0.324. The maximum atomic E-state index is 12.3. The van der Waals surface area contributed by atoms with Crippen LogP contribution in [0.2, 0.25) is 10.0 Å². The molecule has 1 amide bonds. The highest BCUT2D eigenvalue weighted by Crippen LogP contribution is 2.21. The molecule has 2 atom stereocenters. The molecule has 7 heteroatoms. The van der Waals surface area contributed by atoms with Crippen molar-refractivity contribution in [2.45, 2.75) is 31.1 Å². The van der Waals surface area contributed by atoms with E-state index in [0.717, 1.165) is 0 Å². The van der Waals surface area contributed by atoms with Crippen LogP contribution in [0.3, 0.4) is 0 Å². The van der Waals surface area contributed by atoms with Crippen LogP contribution in [0.4, 0.5) is 0 Å². The number of rotatable bonds is 5. The third-order valence-corrected chi connectivity index (χ3v) is 3.92. The van der Waals surface area contributed by atoms with E-state index in [1.165, 1.54) is 18.2 Å². The third kappa shape index (κ3) is 4.37. The lowest BCUT2D eigenvalue weighted by molar-refractivity contribution is -0.123. The van der Waals surface area contributed by atoms with Crippen molar-refractivity contribution in [3.63, 3.8) is 0 Å². The van der Waals surface area contributed by atoms with Crippen molar-refractivity contribution in [3.05, 3.63) is 33.8 Å². The van der Waals surface area contributed by atoms with E-state index in [2.05, 4.69) is 17.9 Å². The molecular formula is C14H14Cl2N2O2S. The number of hydrogen-bond acceptors (Lipinski definition) is 4. The minimum atomic E-state index is -1.19. The second-order valence-electron chi connectivity index (χ2n) is 4.69. The first kappa shape index (κ1) is 17.8. The largest absolute Gasteiger partial charge is 0.340 e. The van der Waals surface area contributed by atoms with E-state index in [4.69, 9.17) is 28.5 Å². The molecule has 0 heterocycles. The van der Waals surface area contributed by atoms with Crippen LogP contribution in [0.5, 0.6) is 0 Å². The van der Waals surface area contributed by atoms with Gasteiger partial charge in [0.1, 0.15) is 5.25 Å². The molecule has 1 rings (SSSR count). The standard InChI is InChI=1S/C14H14Cl2N2O2S/c1-3-14(2,12(19)11(21)7-17)18-13(20)8-4-9(15)6-10(16)5-8/h4-6,11,21H,3H2,1-2H3,(H,18,20). The average Bonchev–Trinajstić information content (AvgIpc) is 2.44. The number of Topliss-reactive ketones (excluding diaryl/α,β-unsaturated/α-hetero) is 1. The molecule has 21 heavy (non-hydrogen) atoms. The van der Waals surface area contributed by atoms with Gasteiger partial charge in [0, 0.05) is 15.6 Å². The SMILES string of the molecule is CCC(C)(NC(=O)c1cc(Cl)cc(Cl)c1)C(=O)C(S)C#N. The van der Waals surface area contributed by atoms with Crippen molar-refractivity contribution in [1.82, 2.24) is 5.32 Å². The van der Waals surface area contributed by atoms with E-state index < -0.39 is 22.5 Å². The highest BCUT2D eigenvalue weighted by atomic mass is 35.5. The van der Waals surface area contributed by atoms with Gasteiger partial charge in [-0.05, 0) is 31.5 Å². The number of thiol groups is 1. The summed E-state index contributed by atoms with van der Waals surface area (Å²) in [5.74, 6) is -0.951. The fourth-order valence-corrected chi connectivity index (χ4v) is 2.50. The summed E-state index contributed by atoms with van der Waals surface area (Å²) in [6.45, 7) is 3.29. The highest BCUT2D eigenvalue weighted by Gasteiger charge is 2.36. The Morgan fingerprint density at radius 2 is 1.90 bits per heavy atom. The van der Waals surface area contributed by atoms with Gasteiger partial charge < -0.3 is 5.32 Å². The number of amides is 1. The van der Waals surface area contributed by atoms with Crippen LogP contribution in [0.15, 0.2) is 18.2 Å². The van der Waals surface area contributed by atoms with Gasteiger partial charge in [-0.1, -0.05) is 30.1 Å². The summed E-state index contributed by atoms with van der Waals surface area (Å²) in [6, 6.07) is 6.16. The number of ketones is 1. The molecule has 4 nitrogen and oxygen atoms in total. The van der Waals surface area contributed by atoms with Crippen LogP contribution in [-0.4, -0.2) is 22.5 Å². The number of nitrogens with zero attached hydrogens (tertiary/aromatic N) is 1. The molecule has 112 valence electrons. The molecule has 1 N–H and O–H groups in total. The van der Waals surface area contributed by atoms with Crippen molar-refractivity contribution in [1.29, 1.82) is 5.26 Å². The van der Waals surface area contributed by atoms with Crippen molar-refractivity contribution in [2.75, 3.05) is 0 Å². The van der Waals surface area contributed by atoms with Crippen LogP contribution >= 0.6 is 35.8 Å². The Kier molecular flexibility index (Phi) is 6.09. The van der Waals surface area contributed by atoms with Gasteiger partial charge in [0.2, 0.25) is 0 Å². The van der Waals surface area contributed by atoms with Crippen molar-refractivity contribution >= 4 is 47.5 Å². The van der Waals surface area contributed by atoms with Gasteiger partial charge in [-0.15, -0.1) is 0 Å². The zero-order valence-electron chi connectivity index (χ0n) is 11.5. The van der Waals surface area contributed by atoms with Gasteiger partial charge in [0.05, 0.1) is 11.6 Å². The zero-order valence-corrected chi connectivity index (χ0v) is 13.9. The molecule has 0 fully saturated rings. The lowest BCUT2D eigenvalue weighted by atomic mass is 9.90. The predicted octanol–water partition coefficient (Wildman–Crippen LogP) is 3.28. The molecule has 0 aliphatic heterocycles. The maximum absolute atomic E-state index is 12.3. The fourth-order valence-electron chi connectivity index (χ4n) is 1.69. The molecule has 0 aliphatic rings. The Hall–Kier alpha value is -1.22. The number of carbonyl (C=O) groups excluding carboxylic acids is 2. The summed E-state index contributed by atoms with van der Waals surface area (Å²) in [4.78, 5) is 24.4. The van der Waals surface area contributed by atoms with Crippen LogP contribution in [-0.2, 0) is 4.79 Å². The Morgan fingerprint density at radius 1 is 1.38 bits per heavy atom. The van der Waals surface area contributed by atoms with Crippen LogP contribution in [0, 0.1) is 11.3 Å². The fraction of sp³-hybridized carbons (Fsp3) is 0.357. The average molecular weight is 345 g/mol. The van der Waals surface area contributed by atoms with Crippen LogP contribution in [0.25, 0.3) is 0 Å². The van der Waals surface area contributed by atoms with Crippen molar-refractivity contribution < 1.29 is 9.59 Å². The Labute approximate surface area is 138 Å². The zero-order chi connectivity index (χ0) is 16.2. The molecule has 0 saturated carbocycles. The van der Waals surface area contributed by atoms with E-state index in [1.807, 2.05) is 0 Å². The van der Waals surface area contributed by atoms with Crippen molar-refractivity contribution in [2.24, 2.45) is 0 Å². The van der Waals surface area contributed by atoms with Gasteiger partial charge in [0.25, 0.3) is 5.91 Å². The minimum Gasteiger partial charge on any atom is -0.340 e. The number of carbonyl (C=O) groups is 2. The van der Waals surface area contributed by atoms with Gasteiger partial charge in [-0.25, -0.2) is 0 Å². The first-order valence-electron chi connectivity index (χ1n) is 6.14. The monoisotopic (exact) mass is 344 g/mol. The molecule has 0 radical (unpaired) electrons. The highest BCUT2D eigenvalue weighted by molar-refractivity contribution is 7.82. The lowest BCUT2D eigenvalue weighted by Gasteiger charge is -2.28. The summed E-state index contributed by atoms with van der Waals surface area (Å²) >= 11 is 15.6. The smallest absolute Gasteiger partial charge is 0.252 e. The number of halogens is 2. The van der Waals surface area contributed by atoms with Crippen molar-refractivity contribution in [3.8, 4) is 6.07 Å². The second kappa shape index (κ2) is 7.17. The van der Waals surface area contributed by atoms with Crippen LogP contribution in [0.1, 0.15) is 30.6 Å². The van der Waals surface area contributed by atoms with E-state index in [-0.39, 0.29) is 5.56 Å². The summed E-state index contributed by atoms with van der Waals surface area (Å²) in [5, 5.41) is 11.0. The number of nitrogens with one attached hydrogen (secondary N) is 1. The van der Waals surface area contributed by atoms with E-state index in [1.54, 1.807) is 19.9 Å². The Morgan fingerprint density at radius 3 is 2.33 bits per heavy atom. The summed E-state index contributed by atoms with van der Waals surface area (Å²) in [5.41, 5.74) is -0.943. The Bertz CT molecular complexity index is 595. The van der Waals surface area contributed by atoms with Gasteiger partial charge in [0.15, 0.2) is 5.78 Å². The number of benzene rings is 1. The molecule has 2 unspecified atom stereocenters. The molecular weight excluding hydrogens is 331 g/mol. The second-order valence-corrected chi connectivity index (χ2v) is 6.08. The lowest BCUT2D eigenvalue weighted by Crippen LogP contribution is -2.54. The first-order chi connectivity index (χ1) is 9.73. The normalized spacial score (nSPS) is 14.7. The summed E-state index contributed by atoms with van der Waals surface area (Å²) in [7, 11) is 0. The molecule has 0 aliphatic carbocycles. The van der Waals surface area contributed by atoms with Crippen LogP contribution < -0.4 is 5.32 Å². The molecule has 0 bridgehead atoms. The maximum Gasteiger partial charge on any atom is 0.252 e. The molecule has 0 saturated heterocycles. The third-order valence-electron chi connectivity index (χ3n) is 3.14. The predicted molar refractivity (Wildman–Crippen MR) is 86.0 cm³/mol. The topological polar surface area (TPSA) is 70.0 Å².